The second-order valence-corrected chi connectivity index (χ2v) is 6.54. The second kappa shape index (κ2) is 7.67. The van der Waals surface area contributed by atoms with Gasteiger partial charge in [0.2, 0.25) is 11.8 Å². The normalized spacial score (nSPS) is 15.2. The minimum absolute atomic E-state index is 0.00202. The molecule has 0 bridgehead atoms. The first-order valence-electron chi connectivity index (χ1n) is 9.06. The maximum absolute atomic E-state index is 12.9. The van der Waals surface area contributed by atoms with Crippen molar-refractivity contribution in [3.8, 4) is 22.6 Å². The highest BCUT2D eigenvalue weighted by molar-refractivity contribution is 6.03. The monoisotopic (exact) mass is 392 g/mol. The van der Waals surface area contributed by atoms with Gasteiger partial charge in [-0.05, 0) is 30.3 Å². The number of fused-ring (bicyclic) bond motifs is 1. The Morgan fingerprint density at radius 1 is 1.10 bits per heavy atom. The van der Waals surface area contributed by atoms with Crippen LogP contribution in [0.3, 0.4) is 0 Å². The molecule has 3 aromatic rings. The summed E-state index contributed by atoms with van der Waals surface area (Å²) in [6.45, 7) is 0. The van der Waals surface area contributed by atoms with Crippen LogP contribution in [0.25, 0.3) is 11.1 Å². The number of benzene rings is 2. The molecule has 2 aromatic carbocycles. The molecule has 0 spiro atoms. The molecule has 148 valence electrons. The van der Waals surface area contributed by atoms with Crippen LogP contribution in [0.4, 0.5) is 11.5 Å². The van der Waals surface area contributed by atoms with Crippen molar-refractivity contribution in [3.05, 3.63) is 54.7 Å². The van der Waals surface area contributed by atoms with Gasteiger partial charge in [-0.15, -0.1) is 0 Å². The maximum Gasteiger partial charge on any atom is 0.249 e. The van der Waals surface area contributed by atoms with Crippen LogP contribution in [-0.2, 0) is 9.59 Å². The predicted octanol–water partition coefficient (Wildman–Crippen LogP) is 3.09. The lowest BCUT2D eigenvalue weighted by Gasteiger charge is -2.24. The van der Waals surface area contributed by atoms with Gasteiger partial charge in [0, 0.05) is 16.8 Å². The van der Waals surface area contributed by atoms with E-state index in [2.05, 4.69) is 15.7 Å². The topological polar surface area (TPSA) is 94.5 Å². The summed E-state index contributed by atoms with van der Waals surface area (Å²) in [5.74, 6) is 1.25. The number of hydrogen-bond acceptors (Lipinski definition) is 5. The standard InChI is InChI=1S/C21H20N4O4/c1-28-14-9-7-13(8-10-14)23-21(27)17-11-19(26)24-20-16(12-22-25(17)20)15-5-3-4-6-18(15)29-2/h3-10,12,17H,11H2,1-2H3,(H,23,27)(H,24,26)/t17-/m0/s1. The van der Waals surface area contributed by atoms with Crippen molar-refractivity contribution in [2.24, 2.45) is 0 Å². The zero-order chi connectivity index (χ0) is 20.4. The number of anilines is 2. The Kier molecular flexibility index (Phi) is 4.90. The molecule has 1 aliphatic heterocycles. The Balaban J connectivity index is 1.65. The molecule has 8 nitrogen and oxygen atoms in total. The van der Waals surface area contributed by atoms with Gasteiger partial charge in [0.1, 0.15) is 23.4 Å². The molecule has 0 aliphatic carbocycles. The summed E-state index contributed by atoms with van der Waals surface area (Å²) in [4.78, 5) is 25.2. The van der Waals surface area contributed by atoms with Gasteiger partial charge in [-0.3, -0.25) is 9.59 Å². The molecule has 0 saturated carbocycles. The molecule has 4 rings (SSSR count). The molecule has 2 amide bonds. The Bertz CT molecular complexity index is 1060. The third-order valence-corrected chi connectivity index (χ3v) is 4.78. The minimum Gasteiger partial charge on any atom is -0.497 e. The first-order chi connectivity index (χ1) is 14.1. The van der Waals surface area contributed by atoms with E-state index in [4.69, 9.17) is 9.47 Å². The second-order valence-electron chi connectivity index (χ2n) is 6.54. The highest BCUT2D eigenvalue weighted by atomic mass is 16.5. The molecule has 29 heavy (non-hydrogen) atoms. The fraction of sp³-hybridized carbons (Fsp3) is 0.190. The van der Waals surface area contributed by atoms with Crippen molar-refractivity contribution in [3.63, 3.8) is 0 Å². The smallest absolute Gasteiger partial charge is 0.249 e. The SMILES string of the molecule is COc1ccc(NC(=O)[C@@H]2CC(=O)Nc3c(-c4ccccc4OC)cnn32)cc1. The number of rotatable bonds is 5. The van der Waals surface area contributed by atoms with Crippen molar-refractivity contribution in [2.75, 3.05) is 24.9 Å². The number of carbonyl (C=O) groups excluding carboxylic acids is 2. The van der Waals surface area contributed by atoms with Crippen LogP contribution in [0, 0.1) is 0 Å². The quantitative estimate of drug-likeness (QED) is 0.696. The number of carbonyl (C=O) groups is 2. The van der Waals surface area contributed by atoms with Gasteiger partial charge in [0.05, 0.1) is 26.8 Å². The Morgan fingerprint density at radius 2 is 1.86 bits per heavy atom. The zero-order valence-corrected chi connectivity index (χ0v) is 16.0. The number of para-hydroxylation sites is 1. The largest absolute Gasteiger partial charge is 0.497 e. The summed E-state index contributed by atoms with van der Waals surface area (Å²) >= 11 is 0. The number of amides is 2. The maximum atomic E-state index is 12.9. The lowest BCUT2D eigenvalue weighted by molar-refractivity contribution is -0.125. The fourth-order valence-corrected chi connectivity index (χ4v) is 3.34. The summed E-state index contributed by atoms with van der Waals surface area (Å²) in [6.07, 6.45) is 1.63. The lowest BCUT2D eigenvalue weighted by Crippen LogP contribution is -2.35. The molecule has 0 radical (unpaired) electrons. The van der Waals surface area contributed by atoms with E-state index in [9.17, 15) is 9.59 Å². The van der Waals surface area contributed by atoms with Gasteiger partial charge in [0.25, 0.3) is 0 Å². The third-order valence-electron chi connectivity index (χ3n) is 4.78. The van der Waals surface area contributed by atoms with E-state index in [1.807, 2.05) is 24.3 Å². The van der Waals surface area contributed by atoms with Crippen LogP contribution in [-0.4, -0.2) is 35.8 Å². The van der Waals surface area contributed by atoms with E-state index >= 15 is 0 Å². The zero-order valence-electron chi connectivity index (χ0n) is 16.0. The molecule has 0 saturated heterocycles. The summed E-state index contributed by atoms with van der Waals surface area (Å²) < 4.78 is 12.1. The van der Waals surface area contributed by atoms with Crippen molar-refractivity contribution < 1.29 is 19.1 Å². The fourth-order valence-electron chi connectivity index (χ4n) is 3.34. The molecular formula is C21H20N4O4. The molecule has 1 aromatic heterocycles. The lowest BCUT2D eigenvalue weighted by atomic mass is 10.1. The van der Waals surface area contributed by atoms with E-state index < -0.39 is 6.04 Å². The van der Waals surface area contributed by atoms with Gasteiger partial charge in [0.15, 0.2) is 0 Å². The van der Waals surface area contributed by atoms with E-state index in [1.165, 1.54) is 0 Å². The van der Waals surface area contributed by atoms with Gasteiger partial charge >= 0.3 is 0 Å². The highest BCUT2D eigenvalue weighted by Gasteiger charge is 2.33. The molecule has 1 aliphatic rings. The molecule has 1 atom stereocenters. The Labute approximate surface area is 167 Å². The Hall–Kier alpha value is -3.81. The summed E-state index contributed by atoms with van der Waals surface area (Å²) in [7, 11) is 3.16. The number of nitrogens with zero attached hydrogens (tertiary/aromatic N) is 2. The average Bonchev–Trinajstić information content (AvgIpc) is 3.17. The third kappa shape index (κ3) is 3.52. The average molecular weight is 392 g/mol. The van der Waals surface area contributed by atoms with Gasteiger partial charge < -0.3 is 20.1 Å². The van der Waals surface area contributed by atoms with Crippen LogP contribution < -0.4 is 20.1 Å². The number of aromatic nitrogens is 2. The minimum atomic E-state index is -0.760. The summed E-state index contributed by atoms with van der Waals surface area (Å²) in [5, 5.41) is 10.0. The number of methoxy groups -OCH3 is 2. The first kappa shape index (κ1) is 18.5. The summed E-state index contributed by atoms with van der Waals surface area (Å²) in [5.41, 5.74) is 2.09. The van der Waals surface area contributed by atoms with Gasteiger partial charge in [-0.2, -0.15) is 5.10 Å². The number of hydrogen-bond donors (Lipinski definition) is 2. The van der Waals surface area contributed by atoms with Gasteiger partial charge in [-0.1, -0.05) is 18.2 Å². The van der Waals surface area contributed by atoms with Crippen molar-refractivity contribution >= 4 is 23.3 Å². The van der Waals surface area contributed by atoms with Crippen molar-refractivity contribution in [1.82, 2.24) is 9.78 Å². The van der Waals surface area contributed by atoms with E-state index in [0.717, 1.165) is 5.56 Å². The van der Waals surface area contributed by atoms with Crippen LogP contribution in [0.1, 0.15) is 12.5 Å². The number of nitrogens with one attached hydrogen (secondary N) is 2. The Morgan fingerprint density at radius 3 is 2.59 bits per heavy atom. The molecule has 0 unspecified atom stereocenters. The van der Waals surface area contributed by atoms with Crippen LogP contribution in [0.5, 0.6) is 11.5 Å². The van der Waals surface area contributed by atoms with Crippen LogP contribution >= 0.6 is 0 Å². The molecule has 0 fully saturated rings. The van der Waals surface area contributed by atoms with E-state index in [1.54, 1.807) is 49.4 Å². The predicted molar refractivity (Wildman–Crippen MR) is 108 cm³/mol. The molecule has 2 N–H and O–H groups in total. The molecular weight excluding hydrogens is 372 g/mol. The van der Waals surface area contributed by atoms with Gasteiger partial charge in [-0.25, -0.2) is 4.68 Å². The first-order valence-corrected chi connectivity index (χ1v) is 9.06. The van der Waals surface area contributed by atoms with E-state index in [0.29, 0.717) is 28.6 Å². The summed E-state index contributed by atoms with van der Waals surface area (Å²) in [6, 6.07) is 13.7. The number of ether oxygens (including phenoxy) is 2. The van der Waals surface area contributed by atoms with Crippen molar-refractivity contribution in [2.45, 2.75) is 12.5 Å². The van der Waals surface area contributed by atoms with E-state index in [-0.39, 0.29) is 18.2 Å². The van der Waals surface area contributed by atoms with Crippen LogP contribution in [0.2, 0.25) is 0 Å². The molecule has 8 heteroatoms. The van der Waals surface area contributed by atoms with Crippen molar-refractivity contribution in [1.29, 1.82) is 0 Å². The van der Waals surface area contributed by atoms with Crippen LogP contribution in [0.15, 0.2) is 54.7 Å². The molecule has 2 heterocycles. The highest BCUT2D eigenvalue weighted by Crippen LogP contribution is 2.38.